The van der Waals surface area contributed by atoms with Crippen LogP contribution in [0.2, 0.25) is 0 Å². The fourth-order valence-electron chi connectivity index (χ4n) is 2.15. The summed E-state index contributed by atoms with van der Waals surface area (Å²) in [5.74, 6) is 0.538. The molecule has 138 valence electrons. The Morgan fingerprint density at radius 2 is 2.08 bits per heavy atom. The second-order valence-corrected chi connectivity index (χ2v) is 5.80. The summed E-state index contributed by atoms with van der Waals surface area (Å²) < 4.78 is 45.3. The monoisotopic (exact) mass is 359 g/mol. The molecule has 2 heterocycles. The number of alkyl halides is 3. The van der Waals surface area contributed by atoms with Crippen molar-refractivity contribution in [2.45, 2.75) is 12.7 Å². The van der Waals surface area contributed by atoms with Crippen LogP contribution in [0.1, 0.15) is 11.5 Å². The molecular weight excluding hydrogens is 339 g/mol. The van der Waals surface area contributed by atoms with Gasteiger partial charge in [0.1, 0.15) is 5.76 Å². The van der Waals surface area contributed by atoms with Crippen molar-refractivity contribution in [3.8, 4) is 0 Å². The van der Waals surface area contributed by atoms with Gasteiger partial charge in [0, 0.05) is 26.3 Å². The van der Waals surface area contributed by atoms with E-state index >= 15 is 0 Å². The van der Waals surface area contributed by atoms with Gasteiger partial charge in [-0.05, 0) is 26.2 Å². The van der Waals surface area contributed by atoms with E-state index in [-0.39, 0.29) is 12.2 Å². The summed E-state index contributed by atoms with van der Waals surface area (Å²) in [5, 5.41) is 5.67. The van der Waals surface area contributed by atoms with E-state index in [1.807, 2.05) is 19.0 Å². The molecule has 0 fully saturated rings. The lowest BCUT2D eigenvalue weighted by Crippen LogP contribution is -2.39. The van der Waals surface area contributed by atoms with Crippen LogP contribution in [-0.4, -0.2) is 52.8 Å². The number of hydrogen-bond acceptors (Lipinski definition) is 4. The molecule has 0 unspecified atom stereocenters. The fourth-order valence-corrected chi connectivity index (χ4v) is 2.15. The van der Waals surface area contributed by atoms with Gasteiger partial charge in [-0.15, -0.1) is 0 Å². The lowest BCUT2D eigenvalue weighted by Gasteiger charge is -2.24. The van der Waals surface area contributed by atoms with Crippen LogP contribution < -0.4 is 5.32 Å². The van der Waals surface area contributed by atoms with Gasteiger partial charge in [0.25, 0.3) is 0 Å². The minimum atomic E-state index is -4.65. The number of nitrogens with zero attached hydrogens (tertiary/aromatic N) is 4. The molecule has 1 N–H and O–H groups in total. The van der Waals surface area contributed by atoms with Crippen molar-refractivity contribution in [2.24, 2.45) is 7.05 Å². The largest absolute Gasteiger partial charge is 0.467 e. The SMILES string of the molecule is CN(C)CCN(Cc1ccco1)C(=O)Nc1cn(C)nc1C(F)(F)F. The van der Waals surface area contributed by atoms with Crippen LogP contribution in [0.3, 0.4) is 0 Å². The number of anilines is 1. The summed E-state index contributed by atoms with van der Waals surface area (Å²) in [5.41, 5.74) is -1.51. The fraction of sp³-hybridized carbons (Fsp3) is 0.467. The summed E-state index contributed by atoms with van der Waals surface area (Å²) in [7, 11) is 5.04. The zero-order valence-corrected chi connectivity index (χ0v) is 14.2. The van der Waals surface area contributed by atoms with Crippen LogP contribution in [0.25, 0.3) is 0 Å². The van der Waals surface area contributed by atoms with Crippen LogP contribution >= 0.6 is 0 Å². The van der Waals surface area contributed by atoms with E-state index in [2.05, 4.69) is 10.4 Å². The van der Waals surface area contributed by atoms with Crippen molar-refractivity contribution in [2.75, 3.05) is 32.5 Å². The molecule has 2 aromatic rings. The Morgan fingerprint density at radius 1 is 1.36 bits per heavy atom. The maximum Gasteiger partial charge on any atom is 0.437 e. The molecule has 0 bridgehead atoms. The maximum atomic E-state index is 13.0. The Labute approximate surface area is 143 Å². The molecule has 0 atom stereocenters. The minimum Gasteiger partial charge on any atom is -0.467 e. The predicted molar refractivity (Wildman–Crippen MR) is 84.9 cm³/mol. The molecule has 0 spiro atoms. The number of rotatable bonds is 6. The third kappa shape index (κ3) is 5.24. The van der Waals surface area contributed by atoms with Crippen molar-refractivity contribution >= 4 is 11.7 Å². The summed E-state index contributed by atoms with van der Waals surface area (Å²) in [6.45, 7) is 1.02. The van der Waals surface area contributed by atoms with Gasteiger partial charge in [0.05, 0.1) is 18.5 Å². The Kier molecular flexibility index (Phi) is 5.73. The molecule has 2 amide bonds. The molecule has 2 rings (SSSR count). The van der Waals surface area contributed by atoms with E-state index in [4.69, 9.17) is 4.42 Å². The Morgan fingerprint density at radius 3 is 2.64 bits per heavy atom. The van der Waals surface area contributed by atoms with Gasteiger partial charge in [-0.3, -0.25) is 4.68 Å². The number of halogens is 3. The van der Waals surface area contributed by atoms with E-state index in [0.29, 0.717) is 18.8 Å². The second-order valence-electron chi connectivity index (χ2n) is 5.80. The van der Waals surface area contributed by atoms with Gasteiger partial charge in [-0.2, -0.15) is 18.3 Å². The molecular formula is C15H20F3N5O2. The minimum absolute atomic E-state index is 0.147. The number of urea groups is 1. The number of furan rings is 1. The van der Waals surface area contributed by atoms with Crippen LogP contribution in [0, 0.1) is 0 Å². The molecule has 0 aromatic carbocycles. The number of aryl methyl sites for hydroxylation is 1. The van der Waals surface area contributed by atoms with Crippen LogP contribution in [0.4, 0.5) is 23.7 Å². The summed E-state index contributed by atoms with van der Waals surface area (Å²) >= 11 is 0. The summed E-state index contributed by atoms with van der Waals surface area (Å²) in [6, 6.07) is 2.72. The quantitative estimate of drug-likeness (QED) is 0.861. The van der Waals surface area contributed by atoms with E-state index in [9.17, 15) is 18.0 Å². The van der Waals surface area contributed by atoms with Crippen LogP contribution in [-0.2, 0) is 19.8 Å². The van der Waals surface area contributed by atoms with Crippen molar-refractivity contribution in [1.29, 1.82) is 0 Å². The Balaban J connectivity index is 2.16. The number of likely N-dealkylation sites (N-methyl/N-ethyl adjacent to an activating group) is 1. The molecule has 0 radical (unpaired) electrons. The lowest BCUT2D eigenvalue weighted by molar-refractivity contribution is -0.140. The molecule has 7 nitrogen and oxygen atoms in total. The van der Waals surface area contributed by atoms with Gasteiger partial charge in [-0.1, -0.05) is 0 Å². The molecule has 0 aliphatic carbocycles. The zero-order valence-electron chi connectivity index (χ0n) is 14.2. The van der Waals surface area contributed by atoms with Crippen LogP contribution in [0.5, 0.6) is 0 Å². The highest BCUT2D eigenvalue weighted by Gasteiger charge is 2.38. The van der Waals surface area contributed by atoms with Crippen molar-refractivity contribution in [3.05, 3.63) is 36.0 Å². The summed E-state index contributed by atoms with van der Waals surface area (Å²) in [6.07, 6.45) is -2.06. The van der Waals surface area contributed by atoms with Crippen LogP contribution in [0.15, 0.2) is 29.0 Å². The zero-order chi connectivity index (χ0) is 18.6. The average molecular weight is 359 g/mol. The van der Waals surface area contributed by atoms with E-state index < -0.39 is 17.9 Å². The summed E-state index contributed by atoms with van der Waals surface area (Å²) in [4.78, 5) is 15.7. The number of amides is 2. The molecule has 0 aliphatic heterocycles. The highest BCUT2D eigenvalue weighted by Crippen LogP contribution is 2.33. The topological polar surface area (TPSA) is 66.5 Å². The molecule has 0 saturated carbocycles. The smallest absolute Gasteiger partial charge is 0.437 e. The Bertz CT molecular complexity index is 695. The number of carbonyl (C=O) groups is 1. The standard InChI is InChI=1S/C15H20F3N5O2/c1-21(2)6-7-23(9-11-5-4-8-25-11)14(24)19-12-10-22(3)20-13(12)15(16,17)18/h4-5,8,10H,6-7,9H2,1-3H3,(H,19,24). The maximum absolute atomic E-state index is 13.0. The second kappa shape index (κ2) is 7.60. The predicted octanol–water partition coefficient (Wildman–Crippen LogP) is 2.63. The number of carbonyl (C=O) groups excluding carboxylic acids is 1. The molecule has 0 aliphatic rings. The number of nitrogens with one attached hydrogen (secondary N) is 1. The van der Waals surface area contributed by atoms with E-state index in [0.717, 1.165) is 10.9 Å². The van der Waals surface area contributed by atoms with E-state index in [1.54, 1.807) is 12.1 Å². The molecule has 2 aromatic heterocycles. The molecule has 0 saturated heterocycles. The van der Waals surface area contributed by atoms with E-state index in [1.165, 1.54) is 18.2 Å². The van der Waals surface area contributed by atoms with Gasteiger partial charge in [0.2, 0.25) is 0 Å². The van der Waals surface area contributed by atoms with Crippen molar-refractivity contribution in [1.82, 2.24) is 19.6 Å². The lowest BCUT2D eigenvalue weighted by atomic mass is 10.3. The third-order valence-corrected chi connectivity index (χ3v) is 3.37. The van der Waals surface area contributed by atoms with Crippen molar-refractivity contribution in [3.63, 3.8) is 0 Å². The van der Waals surface area contributed by atoms with Crippen molar-refractivity contribution < 1.29 is 22.4 Å². The first kappa shape index (κ1) is 18.8. The molecule has 25 heavy (non-hydrogen) atoms. The first-order valence-electron chi connectivity index (χ1n) is 7.50. The first-order valence-corrected chi connectivity index (χ1v) is 7.50. The van der Waals surface area contributed by atoms with Gasteiger partial charge < -0.3 is 19.5 Å². The first-order chi connectivity index (χ1) is 11.7. The average Bonchev–Trinajstić information content (AvgIpc) is 3.12. The van der Waals surface area contributed by atoms with Gasteiger partial charge in [0.15, 0.2) is 5.69 Å². The Hall–Kier alpha value is -2.49. The highest BCUT2D eigenvalue weighted by molar-refractivity contribution is 5.89. The number of hydrogen-bond donors (Lipinski definition) is 1. The number of aromatic nitrogens is 2. The third-order valence-electron chi connectivity index (χ3n) is 3.37. The molecule has 10 heteroatoms. The van der Waals surface area contributed by atoms with Gasteiger partial charge >= 0.3 is 12.2 Å². The highest BCUT2D eigenvalue weighted by atomic mass is 19.4. The van der Waals surface area contributed by atoms with Gasteiger partial charge in [-0.25, -0.2) is 4.79 Å². The normalized spacial score (nSPS) is 11.8.